The van der Waals surface area contributed by atoms with E-state index in [9.17, 15) is 4.79 Å². The Morgan fingerprint density at radius 2 is 1.74 bits per heavy atom. The number of para-hydroxylation sites is 1. The van der Waals surface area contributed by atoms with Crippen LogP contribution in [0.25, 0.3) is 0 Å². The number of hydrogen-bond donors (Lipinski definition) is 2. The Kier molecular flexibility index (Phi) is 6.48. The predicted octanol–water partition coefficient (Wildman–Crippen LogP) is 4.44. The summed E-state index contributed by atoms with van der Waals surface area (Å²) in [4.78, 5) is 11.7. The van der Waals surface area contributed by atoms with Crippen LogP contribution in [0.15, 0.2) is 48.5 Å². The zero-order chi connectivity index (χ0) is 16.5. The maximum atomic E-state index is 11.7. The average Bonchev–Trinajstić information content (AvgIpc) is 2.59. The highest BCUT2D eigenvalue weighted by molar-refractivity contribution is 5.90. The van der Waals surface area contributed by atoms with Crippen LogP contribution in [0.4, 0.5) is 11.4 Å². The van der Waals surface area contributed by atoms with Crippen LogP contribution >= 0.6 is 0 Å². The molecule has 2 aromatic carbocycles. The fraction of sp³-hybridized carbons (Fsp3) is 0.316. The van der Waals surface area contributed by atoms with E-state index in [1.165, 1.54) is 0 Å². The Morgan fingerprint density at radius 3 is 2.43 bits per heavy atom. The molecule has 0 saturated heterocycles. The molecule has 0 aliphatic heterocycles. The van der Waals surface area contributed by atoms with Crippen LogP contribution in [-0.4, -0.2) is 13.0 Å². The number of amides is 1. The molecule has 0 aromatic heterocycles. The third-order valence-corrected chi connectivity index (χ3v) is 3.60. The number of nitrogens with one attached hydrogen (secondary N) is 2. The average molecular weight is 312 g/mol. The second kappa shape index (κ2) is 8.83. The molecule has 0 radical (unpaired) electrons. The van der Waals surface area contributed by atoms with Gasteiger partial charge in [-0.3, -0.25) is 4.79 Å². The van der Waals surface area contributed by atoms with Crippen molar-refractivity contribution in [2.24, 2.45) is 0 Å². The second-order valence-corrected chi connectivity index (χ2v) is 5.39. The van der Waals surface area contributed by atoms with Crippen molar-refractivity contribution in [2.75, 3.05) is 17.7 Å². The van der Waals surface area contributed by atoms with Gasteiger partial charge in [0.25, 0.3) is 0 Å². The van der Waals surface area contributed by atoms with E-state index in [0.717, 1.165) is 35.5 Å². The van der Waals surface area contributed by atoms with Gasteiger partial charge in [0, 0.05) is 29.9 Å². The first kappa shape index (κ1) is 16.9. The third kappa shape index (κ3) is 5.33. The van der Waals surface area contributed by atoms with Gasteiger partial charge in [-0.25, -0.2) is 0 Å². The Balaban J connectivity index is 1.88. The van der Waals surface area contributed by atoms with E-state index >= 15 is 0 Å². The Bertz CT molecular complexity index is 624. The van der Waals surface area contributed by atoms with Gasteiger partial charge in [-0.15, -0.1) is 0 Å². The van der Waals surface area contributed by atoms with Crippen molar-refractivity contribution in [2.45, 2.75) is 32.7 Å². The van der Waals surface area contributed by atoms with E-state index in [1.54, 1.807) is 7.11 Å². The number of hydrogen-bond acceptors (Lipinski definition) is 3. The molecule has 122 valence electrons. The van der Waals surface area contributed by atoms with E-state index in [-0.39, 0.29) is 5.91 Å². The lowest BCUT2D eigenvalue weighted by atomic mass is 10.2. The van der Waals surface area contributed by atoms with E-state index < -0.39 is 0 Å². The van der Waals surface area contributed by atoms with Gasteiger partial charge >= 0.3 is 0 Å². The van der Waals surface area contributed by atoms with Crippen LogP contribution in [0.1, 0.15) is 31.7 Å². The van der Waals surface area contributed by atoms with Crippen LogP contribution in [0.2, 0.25) is 0 Å². The van der Waals surface area contributed by atoms with Gasteiger partial charge in [-0.1, -0.05) is 31.5 Å². The van der Waals surface area contributed by atoms with Gasteiger partial charge in [0.2, 0.25) is 5.91 Å². The first-order valence-electron chi connectivity index (χ1n) is 7.98. The number of rotatable bonds is 8. The third-order valence-electron chi connectivity index (χ3n) is 3.60. The fourth-order valence-electron chi connectivity index (χ4n) is 2.28. The van der Waals surface area contributed by atoms with E-state index in [2.05, 4.69) is 17.6 Å². The molecule has 0 bridgehead atoms. The SMILES string of the molecule is CCCCC(=O)Nc1ccc(NCc2ccccc2OC)cc1. The Labute approximate surface area is 137 Å². The molecule has 2 N–H and O–H groups in total. The lowest BCUT2D eigenvalue weighted by Gasteiger charge is -2.11. The van der Waals surface area contributed by atoms with Crippen molar-refractivity contribution >= 4 is 17.3 Å². The molecule has 2 aromatic rings. The summed E-state index contributed by atoms with van der Waals surface area (Å²) in [6.45, 7) is 2.77. The smallest absolute Gasteiger partial charge is 0.224 e. The fourth-order valence-corrected chi connectivity index (χ4v) is 2.28. The van der Waals surface area contributed by atoms with Crippen molar-refractivity contribution in [1.82, 2.24) is 0 Å². The zero-order valence-electron chi connectivity index (χ0n) is 13.8. The molecular weight excluding hydrogens is 288 g/mol. The van der Waals surface area contributed by atoms with Crippen molar-refractivity contribution in [3.05, 3.63) is 54.1 Å². The molecule has 4 nitrogen and oxygen atoms in total. The topological polar surface area (TPSA) is 50.4 Å². The Morgan fingerprint density at radius 1 is 1.04 bits per heavy atom. The normalized spacial score (nSPS) is 10.2. The molecule has 0 heterocycles. The van der Waals surface area contributed by atoms with E-state index in [1.807, 2.05) is 48.5 Å². The van der Waals surface area contributed by atoms with Crippen LogP contribution in [0.3, 0.4) is 0 Å². The van der Waals surface area contributed by atoms with Gasteiger partial charge in [0.15, 0.2) is 0 Å². The van der Waals surface area contributed by atoms with Gasteiger partial charge in [0.1, 0.15) is 5.75 Å². The van der Waals surface area contributed by atoms with Crippen molar-refractivity contribution < 1.29 is 9.53 Å². The highest BCUT2D eigenvalue weighted by Gasteiger charge is 2.03. The molecule has 0 atom stereocenters. The largest absolute Gasteiger partial charge is 0.496 e. The van der Waals surface area contributed by atoms with Gasteiger partial charge in [-0.05, 0) is 36.8 Å². The first-order valence-corrected chi connectivity index (χ1v) is 7.98. The summed E-state index contributed by atoms with van der Waals surface area (Å²) >= 11 is 0. The monoisotopic (exact) mass is 312 g/mol. The molecule has 0 fully saturated rings. The summed E-state index contributed by atoms with van der Waals surface area (Å²) in [5.74, 6) is 0.946. The van der Waals surface area contributed by atoms with Crippen molar-refractivity contribution in [3.63, 3.8) is 0 Å². The minimum Gasteiger partial charge on any atom is -0.496 e. The first-order chi connectivity index (χ1) is 11.2. The maximum Gasteiger partial charge on any atom is 0.224 e. The van der Waals surface area contributed by atoms with E-state index in [4.69, 9.17) is 4.74 Å². The minimum atomic E-state index is 0.0709. The lowest BCUT2D eigenvalue weighted by molar-refractivity contribution is -0.116. The molecular formula is C19H24N2O2. The predicted molar refractivity (Wildman–Crippen MR) is 94.9 cm³/mol. The van der Waals surface area contributed by atoms with Crippen LogP contribution in [-0.2, 0) is 11.3 Å². The van der Waals surface area contributed by atoms with Gasteiger partial charge < -0.3 is 15.4 Å². The number of carbonyl (C=O) groups is 1. The zero-order valence-corrected chi connectivity index (χ0v) is 13.8. The standard InChI is InChI=1S/C19H24N2O2/c1-3-4-9-19(22)21-17-12-10-16(11-13-17)20-14-15-7-5-6-8-18(15)23-2/h5-8,10-13,20H,3-4,9,14H2,1-2H3,(H,21,22). The number of benzene rings is 2. The number of methoxy groups -OCH3 is 1. The lowest BCUT2D eigenvalue weighted by Crippen LogP contribution is -2.10. The summed E-state index contributed by atoms with van der Waals surface area (Å²) in [5.41, 5.74) is 2.93. The molecule has 0 spiro atoms. The summed E-state index contributed by atoms with van der Waals surface area (Å²) in [7, 11) is 1.68. The molecule has 2 rings (SSSR count). The summed E-state index contributed by atoms with van der Waals surface area (Å²) in [6, 6.07) is 15.7. The van der Waals surface area contributed by atoms with Crippen LogP contribution in [0.5, 0.6) is 5.75 Å². The number of carbonyl (C=O) groups excluding carboxylic acids is 1. The van der Waals surface area contributed by atoms with Crippen molar-refractivity contribution in [1.29, 1.82) is 0 Å². The van der Waals surface area contributed by atoms with Gasteiger partial charge in [0.05, 0.1) is 7.11 Å². The Hall–Kier alpha value is -2.49. The highest BCUT2D eigenvalue weighted by atomic mass is 16.5. The summed E-state index contributed by atoms with van der Waals surface area (Å²) < 4.78 is 5.34. The summed E-state index contributed by atoms with van der Waals surface area (Å²) in [6.07, 6.45) is 2.52. The van der Waals surface area contributed by atoms with E-state index in [0.29, 0.717) is 13.0 Å². The molecule has 0 unspecified atom stereocenters. The molecule has 23 heavy (non-hydrogen) atoms. The molecule has 0 aliphatic carbocycles. The number of ether oxygens (including phenoxy) is 1. The number of unbranched alkanes of at least 4 members (excludes halogenated alkanes) is 1. The highest BCUT2D eigenvalue weighted by Crippen LogP contribution is 2.20. The summed E-state index contributed by atoms with van der Waals surface area (Å²) in [5, 5.41) is 6.27. The van der Waals surface area contributed by atoms with Gasteiger partial charge in [-0.2, -0.15) is 0 Å². The second-order valence-electron chi connectivity index (χ2n) is 5.39. The molecule has 0 saturated carbocycles. The van der Waals surface area contributed by atoms with Crippen LogP contribution in [0, 0.1) is 0 Å². The molecule has 1 amide bonds. The maximum absolute atomic E-state index is 11.7. The van der Waals surface area contributed by atoms with Crippen molar-refractivity contribution in [3.8, 4) is 5.75 Å². The molecule has 4 heteroatoms. The number of anilines is 2. The van der Waals surface area contributed by atoms with Crippen LogP contribution < -0.4 is 15.4 Å². The molecule has 0 aliphatic rings. The minimum absolute atomic E-state index is 0.0709. The quantitative estimate of drug-likeness (QED) is 0.758.